The second kappa shape index (κ2) is 10.7. The fourth-order valence-corrected chi connectivity index (χ4v) is 4.85. The van der Waals surface area contributed by atoms with Crippen LogP contribution in [-0.2, 0) is 19.6 Å². The Balaban J connectivity index is 2.41. The molecule has 0 aromatic heterocycles. The van der Waals surface area contributed by atoms with Gasteiger partial charge in [0.25, 0.3) is 5.91 Å². The van der Waals surface area contributed by atoms with Gasteiger partial charge in [0.2, 0.25) is 10.0 Å². The summed E-state index contributed by atoms with van der Waals surface area (Å²) in [5, 5.41) is 2.99. The summed E-state index contributed by atoms with van der Waals surface area (Å²) in [4.78, 5) is 24.1. The monoisotopic (exact) mass is 470 g/mol. The number of sulfonamides is 1. The SMILES string of the molecule is CCN(CC)S(=O)(=O)c1cc(C(=O)NC(CC(=O)OC)c2ccccc2Cl)ccc1F. The van der Waals surface area contributed by atoms with Crippen LogP contribution in [0.4, 0.5) is 4.39 Å². The van der Waals surface area contributed by atoms with Gasteiger partial charge in [0.1, 0.15) is 10.7 Å². The number of methoxy groups -OCH3 is 1. The molecule has 1 amide bonds. The molecule has 0 bridgehead atoms. The average molecular weight is 471 g/mol. The van der Waals surface area contributed by atoms with E-state index in [1.165, 1.54) is 13.2 Å². The molecule has 0 heterocycles. The Morgan fingerprint density at radius 1 is 1.16 bits per heavy atom. The lowest BCUT2D eigenvalue weighted by atomic mass is 10.0. The first-order chi connectivity index (χ1) is 14.6. The molecule has 1 unspecified atom stereocenters. The van der Waals surface area contributed by atoms with Crippen molar-refractivity contribution in [1.82, 2.24) is 9.62 Å². The molecule has 2 aromatic rings. The van der Waals surface area contributed by atoms with E-state index in [2.05, 4.69) is 5.32 Å². The van der Waals surface area contributed by atoms with Gasteiger partial charge in [-0.1, -0.05) is 43.6 Å². The Hall–Kier alpha value is -2.49. The van der Waals surface area contributed by atoms with Gasteiger partial charge < -0.3 is 10.1 Å². The summed E-state index contributed by atoms with van der Waals surface area (Å²) < 4.78 is 45.6. The average Bonchev–Trinajstić information content (AvgIpc) is 2.74. The smallest absolute Gasteiger partial charge is 0.307 e. The first kappa shape index (κ1) is 24.8. The molecule has 10 heteroatoms. The second-order valence-corrected chi connectivity index (χ2v) is 8.88. The number of carbonyl (C=O) groups is 2. The predicted molar refractivity (Wildman–Crippen MR) is 115 cm³/mol. The van der Waals surface area contributed by atoms with Crippen molar-refractivity contribution in [3.8, 4) is 0 Å². The molecule has 0 fully saturated rings. The third-order valence-corrected chi connectivity index (χ3v) is 7.11. The molecular formula is C21H24ClFN2O5S. The number of carbonyl (C=O) groups excluding carboxylic acids is 2. The van der Waals surface area contributed by atoms with Crippen molar-refractivity contribution in [2.24, 2.45) is 0 Å². The quantitative estimate of drug-likeness (QED) is 0.566. The standard InChI is InChI=1S/C21H24ClFN2O5S/c1-4-25(5-2)31(28,29)19-12-14(10-11-17(19)23)21(27)24-18(13-20(26)30-3)15-8-6-7-9-16(15)22/h6-12,18H,4-5,13H2,1-3H3,(H,24,27). The maximum atomic E-state index is 14.3. The largest absolute Gasteiger partial charge is 0.469 e. The molecular weight excluding hydrogens is 447 g/mol. The van der Waals surface area contributed by atoms with Gasteiger partial charge in [-0.25, -0.2) is 12.8 Å². The van der Waals surface area contributed by atoms with Gasteiger partial charge >= 0.3 is 5.97 Å². The van der Waals surface area contributed by atoms with Gasteiger partial charge in [-0.2, -0.15) is 4.31 Å². The van der Waals surface area contributed by atoms with Crippen LogP contribution in [0.5, 0.6) is 0 Å². The molecule has 1 atom stereocenters. The predicted octanol–water partition coefficient (Wildman–Crippen LogP) is 3.54. The van der Waals surface area contributed by atoms with Crippen molar-refractivity contribution in [3.63, 3.8) is 0 Å². The lowest BCUT2D eigenvalue weighted by Crippen LogP contribution is -2.32. The van der Waals surface area contributed by atoms with Crippen molar-refractivity contribution in [2.75, 3.05) is 20.2 Å². The lowest BCUT2D eigenvalue weighted by Gasteiger charge is -2.21. The number of ether oxygens (including phenoxy) is 1. The molecule has 2 aromatic carbocycles. The topological polar surface area (TPSA) is 92.8 Å². The van der Waals surface area contributed by atoms with Crippen LogP contribution >= 0.6 is 11.6 Å². The van der Waals surface area contributed by atoms with E-state index in [1.807, 2.05) is 0 Å². The van der Waals surface area contributed by atoms with Crippen LogP contribution in [-0.4, -0.2) is 44.8 Å². The number of esters is 1. The summed E-state index contributed by atoms with van der Waals surface area (Å²) in [6.45, 7) is 3.58. The Labute approximate surface area is 186 Å². The summed E-state index contributed by atoms with van der Waals surface area (Å²) in [6, 6.07) is 8.92. The van der Waals surface area contributed by atoms with Crippen LogP contribution in [0.15, 0.2) is 47.4 Å². The van der Waals surface area contributed by atoms with Crippen molar-refractivity contribution in [3.05, 3.63) is 64.4 Å². The van der Waals surface area contributed by atoms with Gasteiger partial charge in [-0.15, -0.1) is 0 Å². The van der Waals surface area contributed by atoms with Crippen LogP contribution in [0.1, 0.15) is 42.2 Å². The second-order valence-electron chi connectivity index (χ2n) is 6.56. The molecule has 2 rings (SSSR count). The van der Waals surface area contributed by atoms with E-state index in [-0.39, 0.29) is 25.1 Å². The van der Waals surface area contributed by atoms with E-state index in [4.69, 9.17) is 16.3 Å². The number of halogens is 2. The van der Waals surface area contributed by atoms with Crippen LogP contribution in [0.2, 0.25) is 5.02 Å². The van der Waals surface area contributed by atoms with E-state index in [9.17, 15) is 22.4 Å². The highest BCUT2D eigenvalue weighted by Crippen LogP contribution is 2.27. The van der Waals surface area contributed by atoms with E-state index in [1.54, 1.807) is 38.1 Å². The Kier molecular flexibility index (Phi) is 8.55. The van der Waals surface area contributed by atoms with E-state index in [0.717, 1.165) is 16.4 Å². The van der Waals surface area contributed by atoms with Crippen molar-refractivity contribution >= 4 is 33.5 Å². The highest BCUT2D eigenvalue weighted by Gasteiger charge is 2.27. The Bertz CT molecular complexity index is 1060. The fraction of sp³-hybridized carbons (Fsp3) is 0.333. The number of nitrogens with zero attached hydrogens (tertiary/aromatic N) is 1. The number of rotatable bonds is 9. The molecule has 31 heavy (non-hydrogen) atoms. The highest BCUT2D eigenvalue weighted by atomic mass is 35.5. The Morgan fingerprint density at radius 2 is 1.81 bits per heavy atom. The molecule has 0 spiro atoms. The number of hydrogen-bond acceptors (Lipinski definition) is 5. The molecule has 0 aliphatic rings. The fourth-order valence-electron chi connectivity index (χ4n) is 3.03. The molecule has 7 nitrogen and oxygen atoms in total. The zero-order chi connectivity index (χ0) is 23.2. The summed E-state index contributed by atoms with van der Waals surface area (Å²) in [5.41, 5.74) is 0.412. The first-order valence-corrected chi connectivity index (χ1v) is 11.4. The maximum Gasteiger partial charge on any atom is 0.307 e. The summed E-state index contributed by atoms with van der Waals surface area (Å²) in [7, 11) is -2.89. The summed E-state index contributed by atoms with van der Waals surface area (Å²) in [5.74, 6) is -2.22. The van der Waals surface area contributed by atoms with Crippen LogP contribution < -0.4 is 5.32 Å². The van der Waals surface area contributed by atoms with E-state index in [0.29, 0.717) is 10.6 Å². The van der Waals surface area contributed by atoms with Gasteiger partial charge in [0.05, 0.1) is 19.6 Å². The van der Waals surface area contributed by atoms with Crippen LogP contribution in [0.25, 0.3) is 0 Å². The normalized spacial score (nSPS) is 12.5. The van der Waals surface area contributed by atoms with E-state index >= 15 is 0 Å². The molecule has 1 N–H and O–H groups in total. The minimum atomic E-state index is -4.12. The third kappa shape index (κ3) is 5.81. The van der Waals surface area contributed by atoms with Gasteiger partial charge in [0.15, 0.2) is 0 Å². The summed E-state index contributed by atoms with van der Waals surface area (Å²) >= 11 is 6.21. The molecule has 0 saturated heterocycles. The van der Waals surface area contributed by atoms with Gasteiger partial charge in [-0.3, -0.25) is 9.59 Å². The van der Waals surface area contributed by atoms with Gasteiger partial charge in [-0.05, 0) is 29.8 Å². The van der Waals surface area contributed by atoms with Crippen LogP contribution in [0, 0.1) is 5.82 Å². The Morgan fingerprint density at radius 3 is 2.39 bits per heavy atom. The van der Waals surface area contributed by atoms with Crippen molar-refractivity contribution in [1.29, 1.82) is 0 Å². The van der Waals surface area contributed by atoms with Crippen molar-refractivity contribution in [2.45, 2.75) is 31.2 Å². The van der Waals surface area contributed by atoms with Crippen molar-refractivity contribution < 1.29 is 27.1 Å². The number of benzene rings is 2. The van der Waals surface area contributed by atoms with Crippen LogP contribution in [0.3, 0.4) is 0 Å². The lowest BCUT2D eigenvalue weighted by molar-refractivity contribution is -0.141. The zero-order valence-corrected chi connectivity index (χ0v) is 19.0. The van der Waals surface area contributed by atoms with Gasteiger partial charge in [0, 0.05) is 23.7 Å². The first-order valence-electron chi connectivity index (χ1n) is 9.57. The molecule has 0 aliphatic heterocycles. The number of hydrogen-bond donors (Lipinski definition) is 1. The maximum absolute atomic E-state index is 14.3. The summed E-state index contributed by atoms with van der Waals surface area (Å²) in [6.07, 6.45) is -0.197. The van der Waals surface area contributed by atoms with E-state index < -0.39 is 38.7 Å². The minimum absolute atomic E-state index is 0.0750. The molecule has 0 aliphatic carbocycles. The minimum Gasteiger partial charge on any atom is -0.469 e. The number of nitrogens with one attached hydrogen (secondary N) is 1. The third-order valence-electron chi connectivity index (χ3n) is 4.70. The molecule has 168 valence electrons. The molecule has 0 saturated carbocycles. The zero-order valence-electron chi connectivity index (χ0n) is 17.4. The molecule has 0 radical (unpaired) electrons. The number of amides is 1. The highest BCUT2D eigenvalue weighted by molar-refractivity contribution is 7.89.